The van der Waals surface area contributed by atoms with Crippen LogP contribution < -0.4 is 0 Å². The fourth-order valence-electron chi connectivity index (χ4n) is 10.4. The summed E-state index contributed by atoms with van der Waals surface area (Å²) in [6.07, 6.45) is 45.8. The van der Waals surface area contributed by atoms with E-state index in [1.165, 1.54) is 161 Å². The minimum absolute atomic E-state index is 0.105. The summed E-state index contributed by atoms with van der Waals surface area (Å²) in [4.78, 5) is 72.4. The van der Waals surface area contributed by atoms with Crippen LogP contribution in [0.5, 0.6) is 0 Å². The highest BCUT2D eigenvalue weighted by Crippen LogP contribution is 2.45. The Morgan fingerprint density at radius 1 is 0.330 bits per heavy atom. The second-order valence-corrected chi connectivity index (χ2v) is 28.5. The molecule has 88 heavy (non-hydrogen) atoms. The Bertz CT molecular complexity index is 1720. The molecule has 19 heteroatoms. The van der Waals surface area contributed by atoms with Gasteiger partial charge in [-0.05, 0) is 37.5 Å². The number of aliphatic hydroxyl groups is 1. The molecule has 17 nitrogen and oxygen atoms in total. The van der Waals surface area contributed by atoms with Gasteiger partial charge in [-0.15, -0.1) is 0 Å². The fourth-order valence-corrected chi connectivity index (χ4v) is 12.0. The van der Waals surface area contributed by atoms with E-state index in [0.29, 0.717) is 31.6 Å². The first kappa shape index (κ1) is 86.1. The van der Waals surface area contributed by atoms with E-state index in [2.05, 4.69) is 41.5 Å². The van der Waals surface area contributed by atoms with E-state index in [0.717, 1.165) is 102 Å². The zero-order valence-electron chi connectivity index (χ0n) is 57.0. The Morgan fingerprint density at radius 3 is 0.864 bits per heavy atom. The van der Waals surface area contributed by atoms with Gasteiger partial charge in [-0.3, -0.25) is 37.3 Å². The molecule has 0 aromatic rings. The Hall–Kier alpha value is -1.94. The Morgan fingerprint density at radius 2 is 0.580 bits per heavy atom. The molecule has 0 amide bonds. The molecule has 0 heterocycles. The van der Waals surface area contributed by atoms with Crippen molar-refractivity contribution in [3.8, 4) is 0 Å². The van der Waals surface area contributed by atoms with Gasteiger partial charge in [-0.2, -0.15) is 0 Å². The van der Waals surface area contributed by atoms with Crippen LogP contribution in [0.1, 0.15) is 350 Å². The highest BCUT2D eigenvalue weighted by atomic mass is 31.2. The number of esters is 4. The number of rotatable bonds is 68. The van der Waals surface area contributed by atoms with Crippen LogP contribution in [0, 0.1) is 11.8 Å². The van der Waals surface area contributed by atoms with E-state index in [1.807, 2.05) is 0 Å². The third-order valence-corrected chi connectivity index (χ3v) is 18.2. The highest BCUT2D eigenvalue weighted by Gasteiger charge is 2.30. The van der Waals surface area contributed by atoms with E-state index in [4.69, 9.17) is 37.0 Å². The monoisotopic (exact) mass is 1300 g/mol. The summed E-state index contributed by atoms with van der Waals surface area (Å²) in [6.45, 7) is 9.48. The van der Waals surface area contributed by atoms with Gasteiger partial charge >= 0.3 is 39.5 Å². The van der Waals surface area contributed by atoms with Crippen molar-refractivity contribution in [1.82, 2.24) is 0 Å². The SMILES string of the molecule is CCCCCCCCCCCCCCCCCC(=O)O[C@H](COC(=O)CCCCCCCCCCCCC(C)CC)COP(=O)(O)OC[C@@H](O)COP(=O)(O)OC[C@@H](COC(=O)CCCCCCCCC(C)C)OC(=O)CCCCCCCCCCCC. The molecule has 0 fully saturated rings. The first-order valence-corrected chi connectivity index (χ1v) is 39.0. The molecule has 0 radical (unpaired) electrons. The van der Waals surface area contributed by atoms with Crippen LogP contribution in [0.15, 0.2) is 0 Å². The minimum Gasteiger partial charge on any atom is -0.462 e. The number of hydrogen-bond acceptors (Lipinski definition) is 15. The van der Waals surface area contributed by atoms with Crippen LogP contribution in [-0.4, -0.2) is 96.7 Å². The molecule has 522 valence electrons. The standard InChI is InChI=1S/C69H134O17P2/c1-7-10-12-14-16-18-20-21-22-23-24-30-34-42-48-54-69(74)85-64(57-79-66(71)51-45-39-32-29-26-25-27-31-38-44-50-62(6)9-3)59-83-87(75,76)81-55-63(70)56-82-88(77,78)84-60-65(58-80-67(72)52-46-40-36-35-37-43-49-61(4)5)86-68(73)53-47-41-33-28-19-17-15-13-11-8-2/h61-65,70H,7-60H2,1-6H3,(H,75,76)(H,77,78)/t62?,63-,64-,65-/m1/s1. The fraction of sp³-hybridized carbons (Fsp3) is 0.942. The van der Waals surface area contributed by atoms with Gasteiger partial charge in [0.15, 0.2) is 12.2 Å². The lowest BCUT2D eigenvalue weighted by molar-refractivity contribution is -0.161. The lowest BCUT2D eigenvalue weighted by Gasteiger charge is -2.21. The van der Waals surface area contributed by atoms with Crippen molar-refractivity contribution in [2.75, 3.05) is 39.6 Å². The number of hydrogen-bond donors (Lipinski definition) is 3. The maximum atomic E-state index is 13.0. The van der Waals surface area contributed by atoms with Crippen LogP contribution in [-0.2, 0) is 65.4 Å². The number of ether oxygens (including phenoxy) is 4. The van der Waals surface area contributed by atoms with Gasteiger partial charge in [0, 0.05) is 25.7 Å². The Balaban J connectivity index is 5.24. The Labute approximate surface area is 537 Å². The van der Waals surface area contributed by atoms with Crippen molar-refractivity contribution in [1.29, 1.82) is 0 Å². The minimum atomic E-state index is -4.95. The third kappa shape index (κ3) is 61.6. The molecule has 0 saturated carbocycles. The summed E-state index contributed by atoms with van der Waals surface area (Å²) >= 11 is 0. The maximum Gasteiger partial charge on any atom is 0.472 e. The molecule has 0 bridgehead atoms. The number of aliphatic hydroxyl groups excluding tert-OH is 1. The molecule has 0 saturated heterocycles. The quantitative estimate of drug-likeness (QED) is 0.0222. The zero-order chi connectivity index (χ0) is 65.0. The molecule has 0 aliphatic rings. The Kier molecular flexibility index (Phi) is 59.9. The summed E-state index contributed by atoms with van der Waals surface area (Å²) in [5.74, 6) is -0.637. The second-order valence-electron chi connectivity index (χ2n) is 25.6. The molecule has 6 atom stereocenters. The van der Waals surface area contributed by atoms with Gasteiger partial charge in [0.05, 0.1) is 26.4 Å². The van der Waals surface area contributed by atoms with Gasteiger partial charge in [0.2, 0.25) is 0 Å². The smallest absolute Gasteiger partial charge is 0.462 e. The van der Waals surface area contributed by atoms with Crippen molar-refractivity contribution in [3.63, 3.8) is 0 Å². The third-order valence-electron chi connectivity index (χ3n) is 16.3. The van der Waals surface area contributed by atoms with Gasteiger partial charge in [0.25, 0.3) is 0 Å². The van der Waals surface area contributed by atoms with Gasteiger partial charge in [-0.1, -0.05) is 298 Å². The summed E-state index contributed by atoms with van der Waals surface area (Å²) < 4.78 is 68.2. The van der Waals surface area contributed by atoms with Crippen molar-refractivity contribution in [2.24, 2.45) is 11.8 Å². The lowest BCUT2D eigenvalue weighted by atomic mass is 9.99. The molecule has 0 aliphatic carbocycles. The van der Waals surface area contributed by atoms with Crippen LogP contribution in [0.3, 0.4) is 0 Å². The molecule has 3 unspecified atom stereocenters. The van der Waals surface area contributed by atoms with Crippen molar-refractivity contribution < 1.29 is 80.2 Å². The number of carbonyl (C=O) groups is 4. The summed E-state index contributed by atoms with van der Waals surface area (Å²) in [6, 6.07) is 0. The number of phosphoric acid groups is 2. The van der Waals surface area contributed by atoms with Gasteiger partial charge in [0.1, 0.15) is 19.3 Å². The predicted molar refractivity (Wildman–Crippen MR) is 354 cm³/mol. The van der Waals surface area contributed by atoms with Crippen molar-refractivity contribution in [3.05, 3.63) is 0 Å². The van der Waals surface area contributed by atoms with E-state index < -0.39 is 97.5 Å². The molecule has 0 aromatic carbocycles. The molecule has 0 aromatic heterocycles. The van der Waals surface area contributed by atoms with Crippen LogP contribution in [0.2, 0.25) is 0 Å². The number of unbranched alkanes of at least 4 members (excludes halogenated alkanes) is 37. The molecular weight excluding hydrogens is 1160 g/mol. The van der Waals surface area contributed by atoms with Gasteiger partial charge in [-0.25, -0.2) is 9.13 Å². The largest absolute Gasteiger partial charge is 0.472 e. The number of carbonyl (C=O) groups excluding carboxylic acids is 4. The van der Waals surface area contributed by atoms with Crippen LogP contribution in [0.25, 0.3) is 0 Å². The van der Waals surface area contributed by atoms with E-state index in [-0.39, 0.29) is 25.7 Å². The van der Waals surface area contributed by atoms with E-state index in [9.17, 15) is 43.2 Å². The van der Waals surface area contributed by atoms with Crippen LogP contribution >= 0.6 is 15.6 Å². The summed E-state index contributed by atoms with van der Waals surface area (Å²) in [7, 11) is -9.90. The predicted octanol–water partition coefficient (Wildman–Crippen LogP) is 19.6. The molecule has 3 N–H and O–H groups in total. The topological polar surface area (TPSA) is 237 Å². The van der Waals surface area contributed by atoms with Crippen molar-refractivity contribution in [2.45, 2.75) is 368 Å². The first-order valence-electron chi connectivity index (χ1n) is 36.0. The number of phosphoric ester groups is 2. The molecule has 0 aliphatic heterocycles. The normalized spacial score (nSPS) is 14.5. The van der Waals surface area contributed by atoms with E-state index in [1.54, 1.807) is 0 Å². The van der Waals surface area contributed by atoms with Crippen molar-refractivity contribution >= 4 is 39.5 Å². The molecule has 0 spiro atoms. The summed E-state index contributed by atoms with van der Waals surface area (Å²) in [5.41, 5.74) is 0. The molecule has 0 rings (SSSR count). The van der Waals surface area contributed by atoms with Crippen LogP contribution in [0.4, 0.5) is 0 Å². The zero-order valence-corrected chi connectivity index (χ0v) is 58.8. The molecular formula is C69H134O17P2. The lowest BCUT2D eigenvalue weighted by Crippen LogP contribution is -2.30. The average molecular weight is 1300 g/mol. The highest BCUT2D eigenvalue weighted by molar-refractivity contribution is 7.47. The van der Waals surface area contributed by atoms with E-state index >= 15 is 0 Å². The maximum absolute atomic E-state index is 13.0. The average Bonchev–Trinajstić information content (AvgIpc) is 3.60. The first-order chi connectivity index (χ1) is 42.4. The summed E-state index contributed by atoms with van der Waals surface area (Å²) in [5, 5.41) is 10.6. The second kappa shape index (κ2) is 61.3. The van der Waals surface area contributed by atoms with Gasteiger partial charge < -0.3 is 33.8 Å².